The molecule has 0 spiro atoms. The van der Waals surface area contributed by atoms with Crippen LogP contribution in [0.15, 0.2) is 46.2 Å². The topological polar surface area (TPSA) is 72.8 Å². The second-order valence-electron chi connectivity index (χ2n) is 5.79. The van der Waals surface area contributed by atoms with Crippen LogP contribution < -0.4 is 0 Å². The molecule has 3 rings (SSSR count). The third-order valence-corrected chi connectivity index (χ3v) is 5.59. The van der Waals surface area contributed by atoms with Gasteiger partial charge in [0.2, 0.25) is 9.84 Å². The molecule has 1 aromatic rings. The number of rotatable bonds is 2. The molecule has 0 amide bonds. The van der Waals surface area contributed by atoms with Crippen LogP contribution in [0.3, 0.4) is 0 Å². The normalized spacial score (nSPS) is 31.6. The number of ether oxygens (including phenoxy) is 2. The fraction of sp³-hybridized carbons (Fsp3) is 0.467. The van der Waals surface area contributed by atoms with E-state index in [1.807, 2.05) is 0 Å². The molecule has 0 bridgehead atoms. The maximum Gasteiger partial charge on any atom is 0.202 e. The van der Waals surface area contributed by atoms with Gasteiger partial charge in [-0.25, -0.2) is 8.42 Å². The Morgan fingerprint density at radius 3 is 2.52 bits per heavy atom. The number of hydrogen-bond acceptors (Lipinski definition) is 5. The van der Waals surface area contributed by atoms with Crippen molar-refractivity contribution in [1.29, 1.82) is 0 Å². The van der Waals surface area contributed by atoms with E-state index in [-0.39, 0.29) is 16.2 Å². The molecule has 1 N–H and O–H groups in total. The Kier molecular flexibility index (Phi) is 3.44. The van der Waals surface area contributed by atoms with Gasteiger partial charge in [0, 0.05) is 6.42 Å². The molecule has 0 aromatic heterocycles. The van der Waals surface area contributed by atoms with Crippen molar-refractivity contribution < 1.29 is 23.0 Å². The number of sulfone groups is 1. The molecule has 6 heteroatoms. The van der Waals surface area contributed by atoms with Gasteiger partial charge in [-0.1, -0.05) is 18.2 Å². The first kappa shape index (κ1) is 14.7. The lowest BCUT2D eigenvalue weighted by Crippen LogP contribution is -2.39. The fourth-order valence-electron chi connectivity index (χ4n) is 2.77. The molecule has 0 unspecified atom stereocenters. The minimum absolute atomic E-state index is 0.0395. The van der Waals surface area contributed by atoms with Gasteiger partial charge in [0.25, 0.3) is 0 Å². The Bertz CT molecular complexity index is 663. The molecule has 114 valence electrons. The van der Waals surface area contributed by atoms with Gasteiger partial charge in [0.1, 0.15) is 12.2 Å². The van der Waals surface area contributed by atoms with Gasteiger partial charge in [0.05, 0.1) is 15.9 Å². The highest BCUT2D eigenvalue weighted by Crippen LogP contribution is 2.38. The van der Waals surface area contributed by atoms with Gasteiger partial charge in [-0.3, -0.25) is 0 Å². The maximum absolute atomic E-state index is 12.6. The highest BCUT2D eigenvalue weighted by atomic mass is 32.2. The summed E-state index contributed by atoms with van der Waals surface area (Å²) < 4.78 is 36.5. The summed E-state index contributed by atoms with van der Waals surface area (Å²) in [4.78, 5) is 0.406. The van der Waals surface area contributed by atoms with Crippen LogP contribution in [0.2, 0.25) is 0 Å². The summed E-state index contributed by atoms with van der Waals surface area (Å²) in [6, 6.07) is 8.20. The Labute approximate surface area is 124 Å². The summed E-state index contributed by atoms with van der Waals surface area (Å²) in [6.45, 7) is 3.49. The van der Waals surface area contributed by atoms with Crippen molar-refractivity contribution in [2.75, 3.05) is 0 Å². The van der Waals surface area contributed by atoms with E-state index >= 15 is 0 Å². The second-order valence-corrected chi connectivity index (χ2v) is 7.79. The molecule has 1 aliphatic carbocycles. The SMILES string of the molecule is CC1(C)O[C@H]2[C@@H](O)CC(S(=O)(=O)c3ccccc3)=C[C@H]2O1. The van der Waals surface area contributed by atoms with E-state index in [9.17, 15) is 13.5 Å². The molecule has 1 saturated heterocycles. The van der Waals surface area contributed by atoms with Crippen molar-refractivity contribution in [2.45, 2.75) is 49.3 Å². The van der Waals surface area contributed by atoms with Gasteiger partial charge in [-0.2, -0.15) is 0 Å². The first-order chi connectivity index (χ1) is 9.79. The number of aliphatic hydroxyl groups is 1. The van der Waals surface area contributed by atoms with Gasteiger partial charge in [-0.05, 0) is 32.1 Å². The van der Waals surface area contributed by atoms with Gasteiger partial charge < -0.3 is 14.6 Å². The quantitative estimate of drug-likeness (QED) is 0.899. The minimum Gasteiger partial charge on any atom is -0.390 e. The lowest BCUT2D eigenvalue weighted by atomic mass is 9.99. The summed E-state index contributed by atoms with van der Waals surface area (Å²) in [7, 11) is -3.61. The Balaban J connectivity index is 1.97. The van der Waals surface area contributed by atoms with Crippen LogP contribution in [0.4, 0.5) is 0 Å². The number of fused-ring (bicyclic) bond motifs is 1. The zero-order valence-electron chi connectivity index (χ0n) is 11.9. The standard InChI is InChI=1S/C15H18O5S/c1-15(2)19-13-9-11(8-12(16)14(13)20-15)21(17,18)10-6-4-3-5-7-10/h3-7,9,12-14,16H,8H2,1-2H3/t12-,13+,14-/m0/s1. The van der Waals surface area contributed by atoms with E-state index < -0.39 is 33.9 Å². The molecular weight excluding hydrogens is 292 g/mol. The third kappa shape index (κ3) is 2.64. The van der Waals surface area contributed by atoms with E-state index in [1.54, 1.807) is 50.3 Å². The highest BCUT2D eigenvalue weighted by Gasteiger charge is 2.47. The molecule has 1 aliphatic heterocycles. The van der Waals surface area contributed by atoms with Crippen LogP contribution in [0.1, 0.15) is 20.3 Å². The lowest BCUT2D eigenvalue weighted by molar-refractivity contribution is -0.152. The molecule has 21 heavy (non-hydrogen) atoms. The average Bonchev–Trinajstić information content (AvgIpc) is 2.74. The summed E-state index contributed by atoms with van der Waals surface area (Å²) >= 11 is 0. The Morgan fingerprint density at radius 2 is 1.86 bits per heavy atom. The van der Waals surface area contributed by atoms with Gasteiger partial charge in [0.15, 0.2) is 5.79 Å². The number of benzene rings is 1. The van der Waals surface area contributed by atoms with Crippen LogP contribution in [0.5, 0.6) is 0 Å². The molecule has 2 aliphatic rings. The number of hydrogen-bond donors (Lipinski definition) is 1. The summed E-state index contributed by atoms with van der Waals surface area (Å²) in [6.07, 6.45) is -0.353. The minimum atomic E-state index is -3.61. The van der Waals surface area contributed by atoms with E-state index in [0.717, 1.165) is 0 Å². The monoisotopic (exact) mass is 310 g/mol. The van der Waals surface area contributed by atoms with E-state index in [0.29, 0.717) is 0 Å². The molecule has 0 saturated carbocycles. The zero-order valence-corrected chi connectivity index (χ0v) is 12.7. The predicted molar refractivity (Wildman–Crippen MR) is 76.2 cm³/mol. The van der Waals surface area contributed by atoms with Gasteiger partial charge in [-0.15, -0.1) is 0 Å². The van der Waals surface area contributed by atoms with Crippen LogP contribution in [-0.2, 0) is 19.3 Å². The van der Waals surface area contributed by atoms with Gasteiger partial charge >= 0.3 is 0 Å². The molecule has 1 heterocycles. The third-order valence-electron chi connectivity index (χ3n) is 3.70. The first-order valence-corrected chi connectivity index (χ1v) is 8.32. The number of aliphatic hydroxyl groups excluding tert-OH is 1. The molecule has 5 nitrogen and oxygen atoms in total. The van der Waals surface area contributed by atoms with Crippen LogP contribution in [-0.4, -0.2) is 37.6 Å². The summed E-state index contributed by atoms with van der Waals surface area (Å²) in [5.74, 6) is -0.821. The van der Waals surface area contributed by atoms with Crippen molar-refractivity contribution in [2.24, 2.45) is 0 Å². The van der Waals surface area contributed by atoms with E-state index in [1.165, 1.54) is 0 Å². The van der Waals surface area contributed by atoms with Crippen molar-refractivity contribution in [1.82, 2.24) is 0 Å². The summed E-state index contributed by atoms with van der Waals surface area (Å²) in [5, 5.41) is 10.2. The highest BCUT2D eigenvalue weighted by molar-refractivity contribution is 7.95. The fourth-order valence-corrected chi connectivity index (χ4v) is 4.29. The summed E-state index contributed by atoms with van der Waals surface area (Å²) in [5.41, 5.74) is 0. The lowest BCUT2D eigenvalue weighted by Gasteiger charge is -2.27. The Hall–Kier alpha value is -1.21. The van der Waals surface area contributed by atoms with E-state index in [4.69, 9.17) is 9.47 Å². The van der Waals surface area contributed by atoms with Crippen molar-refractivity contribution in [3.63, 3.8) is 0 Å². The Morgan fingerprint density at radius 1 is 1.19 bits per heavy atom. The molecule has 0 radical (unpaired) electrons. The van der Waals surface area contributed by atoms with Crippen molar-refractivity contribution in [3.8, 4) is 0 Å². The average molecular weight is 310 g/mol. The first-order valence-electron chi connectivity index (χ1n) is 6.84. The van der Waals surface area contributed by atoms with Crippen molar-refractivity contribution >= 4 is 9.84 Å². The molecule has 1 aromatic carbocycles. The van der Waals surface area contributed by atoms with E-state index in [2.05, 4.69) is 0 Å². The van der Waals surface area contributed by atoms with Crippen LogP contribution in [0.25, 0.3) is 0 Å². The predicted octanol–water partition coefficient (Wildman–Crippen LogP) is 1.63. The van der Waals surface area contributed by atoms with Crippen molar-refractivity contribution in [3.05, 3.63) is 41.3 Å². The molecular formula is C15H18O5S. The zero-order chi connectivity index (χ0) is 15.3. The maximum atomic E-state index is 12.6. The van der Waals surface area contributed by atoms with Crippen LogP contribution in [0, 0.1) is 0 Å². The molecule has 3 atom stereocenters. The van der Waals surface area contributed by atoms with Crippen LogP contribution >= 0.6 is 0 Å². The second kappa shape index (κ2) is 4.91. The molecule has 1 fully saturated rings. The largest absolute Gasteiger partial charge is 0.390 e. The smallest absolute Gasteiger partial charge is 0.202 e.